The summed E-state index contributed by atoms with van der Waals surface area (Å²) in [6.45, 7) is 1.30. The number of nitrogens with zero attached hydrogens (tertiary/aromatic N) is 2. The Morgan fingerprint density at radius 3 is 2.57 bits per heavy atom. The lowest BCUT2D eigenvalue weighted by atomic mass is 9.76. The van der Waals surface area contributed by atoms with Gasteiger partial charge in [0.15, 0.2) is 0 Å². The van der Waals surface area contributed by atoms with Crippen LogP contribution in [0.2, 0.25) is 0 Å². The molecule has 5 nitrogen and oxygen atoms in total. The first-order valence-electron chi connectivity index (χ1n) is 6.95. The van der Waals surface area contributed by atoms with Crippen LogP contribution in [0.5, 0.6) is 0 Å². The van der Waals surface area contributed by atoms with Crippen molar-refractivity contribution in [1.29, 1.82) is 5.26 Å². The molecule has 0 amide bonds. The molecule has 0 aliphatic rings. The molecule has 0 bridgehead atoms. The number of halogens is 1. The number of ketones is 1. The number of hydrogen-bond acceptors (Lipinski definition) is 5. The van der Waals surface area contributed by atoms with Crippen LogP contribution < -0.4 is 0 Å². The summed E-state index contributed by atoms with van der Waals surface area (Å²) in [5, 5.41) is 10.8. The third kappa shape index (κ3) is 3.10. The Morgan fingerprint density at radius 1 is 1.35 bits per heavy atom. The van der Waals surface area contributed by atoms with Crippen molar-refractivity contribution >= 4 is 38.5 Å². The molecule has 2 rings (SSSR count). The maximum Gasteiger partial charge on any atom is 0.320 e. The Morgan fingerprint density at radius 2 is 2.00 bits per heavy atom. The second-order valence-corrected chi connectivity index (χ2v) is 6.09. The summed E-state index contributed by atoms with van der Waals surface area (Å²) in [6, 6.07) is 9.47. The number of ether oxygens (including phenoxy) is 1. The highest BCUT2D eigenvalue weighted by Crippen LogP contribution is 2.33. The first-order chi connectivity index (χ1) is 11.0. The molecule has 0 spiro atoms. The van der Waals surface area contributed by atoms with Crippen molar-refractivity contribution in [3.63, 3.8) is 0 Å². The minimum atomic E-state index is -1.53. The van der Waals surface area contributed by atoms with Crippen LogP contribution in [0.25, 0.3) is 10.8 Å². The van der Waals surface area contributed by atoms with Crippen LogP contribution in [-0.2, 0) is 20.7 Å². The van der Waals surface area contributed by atoms with Gasteiger partial charge >= 0.3 is 5.97 Å². The van der Waals surface area contributed by atoms with Gasteiger partial charge in [-0.2, -0.15) is 5.26 Å². The first-order valence-corrected chi connectivity index (χ1v) is 7.74. The highest BCUT2D eigenvalue weighted by atomic mass is 79.9. The molecule has 1 atom stereocenters. The third-order valence-electron chi connectivity index (χ3n) is 3.93. The number of carbonyl (C=O) groups excluding carboxylic acids is 2. The molecule has 1 unspecified atom stereocenters. The molecule has 0 aliphatic heterocycles. The van der Waals surface area contributed by atoms with E-state index in [0.717, 1.165) is 15.2 Å². The molecule has 0 fully saturated rings. The maximum absolute atomic E-state index is 12.2. The van der Waals surface area contributed by atoms with E-state index in [2.05, 4.69) is 20.9 Å². The zero-order chi connectivity index (χ0) is 17.0. The fourth-order valence-electron chi connectivity index (χ4n) is 2.57. The molecule has 0 saturated heterocycles. The Labute approximate surface area is 142 Å². The largest absolute Gasteiger partial charge is 0.468 e. The maximum atomic E-state index is 12.2. The fourth-order valence-corrected chi connectivity index (χ4v) is 3.02. The monoisotopic (exact) mass is 374 g/mol. The number of rotatable bonds is 5. The minimum Gasteiger partial charge on any atom is -0.468 e. The Bertz CT molecular complexity index is 813. The number of fused-ring (bicyclic) bond motifs is 1. The molecule has 0 N–H and O–H groups in total. The van der Waals surface area contributed by atoms with Crippen molar-refractivity contribution < 1.29 is 14.3 Å². The summed E-state index contributed by atoms with van der Waals surface area (Å²) in [5.41, 5.74) is -0.952. The average Bonchev–Trinajstić information content (AvgIpc) is 2.56. The smallest absolute Gasteiger partial charge is 0.320 e. The van der Waals surface area contributed by atoms with Gasteiger partial charge in [-0.25, -0.2) is 0 Å². The molecule has 1 aromatic carbocycles. The Balaban J connectivity index is 2.62. The van der Waals surface area contributed by atoms with Crippen molar-refractivity contribution in [2.75, 3.05) is 7.11 Å². The van der Waals surface area contributed by atoms with Crippen LogP contribution in [0.1, 0.15) is 19.0 Å². The summed E-state index contributed by atoms with van der Waals surface area (Å²) >= 11 is 3.44. The van der Waals surface area contributed by atoms with Crippen molar-refractivity contribution in [1.82, 2.24) is 4.98 Å². The van der Waals surface area contributed by atoms with Gasteiger partial charge in [0.05, 0.1) is 19.6 Å². The third-order valence-corrected chi connectivity index (χ3v) is 4.56. The zero-order valence-corrected chi connectivity index (χ0v) is 14.4. The number of carbonyl (C=O) groups is 2. The van der Waals surface area contributed by atoms with Crippen molar-refractivity contribution in [3.8, 4) is 6.07 Å². The SMILES string of the molecule is COC(=O)C(CC#N)(Cc1ncc(Br)c2ccccc12)C(C)=O. The lowest BCUT2D eigenvalue weighted by Gasteiger charge is -2.26. The average molecular weight is 375 g/mol. The molecule has 2 aromatic rings. The minimum absolute atomic E-state index is 0.0242. The van der Waals surface area contributed by atoms with Gasteiger partial charge in [0, 0.05) is 28.2 Å². The first kappa shape index (κ1) is 17.1. The van der Waals surface area contributed by atoms with E-state index in [1.165, 1.54) is 14.0 Å². The van der Waals surface area contributed by atoms with E-state index in [0.29, 0.717) is 5.69 Å². The van der Waals surface area contributed by atoms with Gasteiger partial charge < -0.3 is 4.74 Å². The predicted octanol–water partition coefficient (Wildman–Crippen LogP) is 3.20. The van der Waals surface area contributed by atoms with Gasteiger partial charge in [0.25, 0.3) is 0 Å². The molecule has 0 aliphatic carbocycles. The fraction of sp³-hybridized carbons (Fsp3) is 0.294. The lowest BCUT2D eigenvalue weighted by Crippen LogP contribution is -2.41. The van der Waals surface area contributed by atoms with Crippen molar-refractivity contribution in [2.45, 2.75) is 19.8 Å². The summed E-state index contributed by atoms with van der Waals surface area (Å²) in [4.78, 5) is 28.8. The van der Waals surface area contributed by atoms with Gasteiger partial charge in [-0.05, 0) is 28.2 Å². The summed E-state index contributed by atoms with van der Waals surface area (Å²) in [6.07, 6.45) is 1.41. The number of hydrogen-bond donors (Lipinski definition) is 0. The summed E-state index contributed by atoms with van der Waals surface area (Å²) in [5.74, 6) is -1.11. The molecule has 118 valence electrons. The van der Waals surface area contributed by atoms with Gasteiger partial charge in [-0.3, -0.25) is 14.6 Å². The van der Waals surface area contributed by atoms with E-state index in [4.69, 9.17) is 10.00 Å². The van der Waals surface area contributed by atoms with E-state index in [1.54, 1.807) is 6.20 Å². The van der Waals surface area contributed by atoms with E-state index in [9.17, 15) is 9.59 Å². The van der Waals surface area contributed by atoms with Crippen molar-refractivity contribution in [2.24, 2.45) is 5.41 Å². The molecule has 0 radical (unpaired) electrons. The van der Waals surface area contributed by atoms with E-state index >= 15 is 0 Å². The normalized spacial score (nSPS) is 13.1. The molecule has 23 heavy (non-hydrogen) atoms. The predicted molar refractivity (Wildman–Crippen MR) is 88.5 cm³/mol. The van der Waals surface area contributed by atoms with Crippen LogP contribution in [-0.4, -0.2) is 23.8 Å². The molecule has 1 aromatic heterocycles. The van der Waals surface area contributed by atoms with Gasteiger partial charge in [0.1, 0.15) is 11.2 Å². The molecular formula is C17H15BrN2O3. The number of pyridine rings is 1. The number of nitriles is 1. The van der Waals surface area contributed by atoms with Gasteiger partial charge in [-0.1, -0.05) is 24.3 Å². The number of Topliss-reactive ketones (excluding diaryl/α,β-unsaturated/α-hetero) is 1. The highest BCUT2D eigenvalue weighted by molar-refractivity contribution is 9.10. The Kier molecular flexibility index (Phi) is 5.12. The second kappa shape index (κ2) is 6.88. The lowest BCUT2D eigenvalue weighted by molar-refractivity contribution is -0.157. The van der Waals surface area contributed by atoms with E-state index in [-0.39, 0.29) is 12.8 Å². The highest BCUT2D eigenvalue weighted by Gasteiger charge is 2.45. The number of methoxy groups -OCH3 is 1. The van der Waals surface area contributed by atoms with E-state index in [1.807, 2.05) is 30.3 Å². The molecule has 0 saturated carbocycles. The van der Waals surface area contributed by atoms with Crippen LogP contribution in [0.3, 0.4) is 0 Å². The van der Waals surface area contributed by atoms with Crippen LogP contribution in [0.15, 0.2) is 34.9 Å². The molecular weight excluding hydrogens is 360 g/mol. The number of aromatic nitrogens is 1. The second-order valence-electron chi connectivity index (χ2n) is 5.24. The summed E-state index contributed by atoms with van der Waals surface area (Å²) < 4.78 is 5.61. The Hall–Kier alpha value is -2.26. The van der Waals surface area contributed by atoms with Crippen LogP contribution in [0.4, 0.5) is 0 Å². The summed E-state index contributed by atoms with van der Waals surface area (Å²) in [7, 11) is 1.21. The zero-order valence-electron chi connectivity index (χ0n) is 12.8. The quantitative estimate of drug-likeness (QED) is 0.592. The van der Waals surface area contributed by atoms with Crippen molar-refractivity contribution in [3.05, 3.63) is 40.6 Å². The van der Waals surface area contributed by atoms with Gasteiger partial charge in [-0.15, -0.1) is 0 Å². The van der Waals surface area contributed by atoms with Crippen LogP contribution in [0, 0.1) is 16.7 Å². The molecule has 1 heterocycles. The van der Waals surface area contributed by atoms with Crippen LogP contribution >= 0.6 is 15.9 Å². The molecule has 6 heteroatoms. The number of esters is 1. The standard InChI is InChI=1S/C17H15BrN2O3/c1-11(21)17(7-8-19,16(22)23-2)9-15-13-6-4-3-5-12(13)14(18)10-20-15/h3-6,10H,7,9H2,1-2H3. The topological polar surface area (TPSA) is 80.1 Å². The van der Waals surface area contributed by atoms with Gasteiger partial charge in [0.2, 0.25) is 0 Å². The van der Waals surface area contributed by atoms with E-state index < -0.39 is 17.2 Å². The number of benzene rings is 1.